The summed E-state index contributed by atoms with van der Waals surface area (Å²) in [4.78, 5) is 31.0. The first kappa shape index (κ1) is 24.6. The molecule has 2 aromatic heterocycles. The number of pyridine rings is 1. The van der Waals surface area contributed by atoms with Crippen molar-refractivity contribution in [3.63, 3.8) is 0 Å². The first-order chi connectivity index (χ1) is 18.0. The molecule has 1 saturated carbocycles. The number of nitrogens with one attached hydrogen (secondary N) is 1. The fraction of sp³-hybridized carbons (Fsp3) is 0.345. The molecular formula is C29H32N4O4. The number of benzene rings is 2. The highest BCUT2D eigenvalue weighted by Crippen LogP contribution is 2.30. The summed E-state index contributed by atoms with van der Waals surface area (Å²) in [6.45, 7) is 4.54. The van der Waals surface area contributed by atoms with E-state index in [1.165, 1.54) is 0 Å². The number of aromatic hydroxyl groups is 1. The zero-order chi connectivity index (χ0) is 25.9. The van der Waals surface area contributed by atoms with Gasteiger partial charge in [0.1, 0.15) is 17.1 Å². The first-order valence-electron chi connectivity index (χ1n) is 12.9. The summed E-state index contributed by atoms with van der Waals surface area (Å²) in [6, 6.07) is 16.3. The summed E-state index contributed by atoms with van der Waals surface area (Å²) in [5.41, 5.74) is 2.04. The zero-order valence-corrected chi connectivity index (χ0v) is 21.2. The Morgan fingerprint density at radius 3 is 2.59 bits per heavy atom. The van der Waals surface area contributed by atoms with E-state index in [0.717, 1.165) is 48.9 Å². The highest BCUT2D eigenvalue weighted by atomic mass is 16.5. The van der Waals surface area contributed by atoms with Gasteiger partial charge >= 0.3 is 0 Å². The molecule has 8 nitrogen and oxygen atoms in total. The van der Waals surface area contributed by atoms with Crippen LogP contribution >= 0.6 is 0 Å². The van der Waals surface area contributed by atoms with Crippen LogP contribution in [-0.2, 0) is 6.54 Å². The molecule has 1 fully saturated rings. The summed E-state index contributed by atoms with van der Waals surface area (Å²) >= 11 is 0. The van der Waals surface area contributed by atoms with E-state index in [0.29, 0.717) is 17.8 Å². The van der Waals surface area contributed by atoms with E-state index in [1.54, 1.807) is 23.0 Å². The smallest absolute Gasteiger partial charge is 0.284 e. The van der Waals surface area contributed by atoms with Crippen molar-refractivity contribution >= 4 is 16.8 Å². The monoisotopic (exact) mass is 500 g/mol. The van der Waals surface area contributed by atoms with Crippen molar-refractivity contribution in [2.75, 3.05) is 0 Å². The molecule has 1 amide bonds. The Morgan fingerprint density at radius 2 is 1.86 bits per heavy atom. The number of ether oxygens (including phenoxy) is 1. The number of phenolic OH excluding ortho intramolecular Hbond substituents is 1. The number of aromatic nitrogens is 3. The van der Waals surface area contributed by atoms with Crippen molar-refractivity contribution in [3.05, 3.63) is 82.4 Å². The van der Waals surface area contributed by atoms with Crippen LogP contribution < -0.4 is 15.6 Å². The topological polar surface area (TPSA) is 98.4 Å². The molecule has 0 radical (unpaired) electrons. The van der Waals surface area contributed by atoms with E-state index in [4.69, 9.17) is 4.74 Å². The minimum atomic E-state index is -0.314. The number of fused-ring (bicyclic) bond motifs is 1. The number of carbonyl (C=O) groups excluding carboxylic acids is 1. The van der Waals surface area contributed by atoms with Gasteiger partial charge in [-0.2, -0.15) is 0 Å². The lowest BCUT2D eigenvalue weighted by Crippen LogP contribution is -2.41. The van der Waals surface area contributed by atoms with Crippen LogP contribution in [0.3, 0.4) is 0 Å². The number of phenols is 1. The maximum Gasteiger partial charge on any atom is 0.284 e. The second-order valence-corrected chi connectivity index (χ2v) is 9.61. The molecule has 2 N–H and O–H groups in total. The summed E-state index contributed by atoms with van der Waals surface area (Å²) in [5.74, 6) is 0.599. The molecule has 2 heterocycles. The molecule has 0 spiro atoms. The van der Waals surface area contributed by atoms with Gasteiger partial charge in [0.05, 0.1) is 23.0 Å². The van der Waals surface area contributed by atoms with Crippen molar-refractivity contribution in [2.45, 2.75) is 64.6 Å². The number of para-hydroxylation sites is 1. The van der Waals surface area contributed by atoms with Gasteiger partial charge < -0.3 is 15.2 Å². The lowest BCUT2D eigenvalue weighted by atomic mass is 9.92. The Hall–Kier alpha value is -4.07. The molecular weight excluding hydrogens is 468 g/mol. The van der Waals surface area contributed by atoms with Crippen LogP contribution in [0.25, 0.3) is 16.6 Å². The largest absolute Gasteiger partial charge is 0.508 e. The highest BCUT2D eigenvalue weighted by molar-refractivity contribution is 5.95. The summed E-state index contributed by atoms with van der Waals surface area (Å²) in [5, 5.41) is 13.7. The molecule has 37 heavy (non-hydrogen) atoms. The molecule has 2 aromatic carbocycles. The van der Waals surface area contributed by atoms with E-state index < -0.39 is 0 Å². The molecule has 0 aliphatic heterocycles. The predicted octanol–water partition coefficient (Wildman–Crippen LogP) is 4.73. The van der Waals surface area contributed by atoms with Crippen molar-refractivity contribution < 1.29 is 14.6 Å². The lowest BCUT2D eigenvalue weighted by Gasteiger charge is -2.29. The second kappa shape index (κ2) is 10.5. The van der Waals surface area contributed by atoms with Crippen molar-refractivity contribution in [3.8, 4) is 17.2 Å². The minimum Gasteiger partial charge on any atom is -0.508 e. The third-order valence-electron chi connectivity index (χ3n) is 7.05. The average molecular weight is 501 g/mol. The summed E-state index contributed by atoms with van der Waals surface area (Å²) in [7, 11) is 0. The van der Waals surface area contributed by atoms with Crippen molar-refractivity contribution in [1.29, 1.82) is 0 Å². The molecule has 5 rings (SSSR count). The Balaban J connectivity index is 1.27. The molecule has 4 aromatic rings. The number of amides is 1. The average Bonchev–Trinajstić information content (AvgIpc) is 3.15. The minimum absolute atomic E-state index is 0.0167. The van der Waals surface area contributed by atoms with Crippen molar-refractivity contribution in [2.24, 2.45) is 0 Å². The van der Waals surface area contributed by atoms with E-state index in [1.807, 2.05) is 54.1 Å². The Labute approximate surface area is 215 Å². The molecule has 8 heteroatoms. The maximum absolute atomic E-state index is 13.4. The summed E-state index contributed by atoms with van der Waals surface area (Å²) < 4.78 is 9.80. The molecule has 0 bridgehead atoms. The van der Waals surface area contributed by atoms with Gasteiger partial charge in [-0.05, 0) is 69.4 Å². The number of hydrogen-bond acceptors (Lipinski definition) is 5. The maximum atomic E-state index is 13.4. The first-order valence-corrected chi connectivity index (χ1v) is 12.9. The van der Waals surface area contributed by atoms with E-state index in [2.05, 4.69) is 17.2 Å². The Kier molecular flexibility index (Phi) is 6.99. The molecule has 1 aliphatic carbocycles. The third kappa shape index (κ3) is 4.96. The number of hydrogen-bond donors (Lipinski definition) is 2. The van der Waals surface area contributed by atoms with Crippen LogP contribution in [0.1, 0.15) is 55.1 Å². The predicted molar refractivity (Wildman–Crippen MR) is 143 cm³/mol. The van der Waals surface area contributed by atoms with Gasteiger partial charge in [0, 0.05) is 30.2 Å². The van der Waals surface area contributed by atoms with Crippen molar-refractivity contribution in [1.82, 2.24) is 19.7 Å². The van der Waals surface area contributed by atoms with Gasteiger partial charge in [0.25, 0.3) is 11.5 Å². The SMILES string of the molecule is CCCn1c(C)c(C(=O)NC2CCC(Oc3ccnc4cc(O)ccc34)CC2)c(=O)n1-c1ccccc1. The van der Waals surface area contributed by atoms with Crippen LogP contribution in [-0.4, -0.2) is 37.5 Å². The van der Waals surface area contributed by atoms with Crippen LogP contribution in [0.4, 0.5) is 0 Å². The van der Waals surface area contributed by atoms with Crippen LogP contribution in [0, 0.1) is 6.92 Å². The van der Waals surface area contributed by atoms with E-state index >= 15 is 0 Å². The number of carbonyl (C=O) groups is 1. The summed E-state index contributed by atoms with van der Waals surface area (Å²) in [6.07, 6.45) is 5.66. The van der Waals surface area contributed by atoms with Crippen LogP contribution in [0.15, 0.2) is 65.6 Å². The van der Waals surface area contributed by atoms with Gasteiger partial charge in [-0.3, -0.25) is 19.3 Å². The lowest BCUT2D eigenvalue weighted by molar-refractivity contribution is 0.0893. The van der Waals surface area contributed by atoms with Gasteiger partial charge in [-0.15, -0.1) is 0 Å². The van der Waals surface area contributed by atoms with Gasteiger partial charge in [-0.1, -0.05) is 25.1 Å². The normalized spacial score (nSPS) is 17.6. The van der Waals surface area contributed by atoms with Gasteiger partial charge in [0.15, 0.2) is 0 Å². The number of rotatable bonds is 7. The zero-order valence-electron chi connectivity index (χ0n) is 21.2. The fourth-order valence-electron chi connectivity index (χ4n) is 5.19. The second-order valence-electron chi connectivity index (χ2n) is 9.61. The molecule has 192 valence electrons. The Bertz CT molecular complexity index is 1470. The molecule has 1 aliphatic rings. The highest BCUT2D eigenvalue weighted by Gasteiger charge is 2.28. The van der Waals surface area contributed by atoms with Crippen LogP contribution in [0.5, 0.6) is 11.5 Å². The quantitative estimate of drug-likeness (QED) is 0.382. The number of nitrogens with zero attached hydrogens (tertiary/aromatic N) is 3. The Morgan fingerprint density at radius 1 is 1.11 bits per heavy atom. The standard InChI is InChI=1S/C29H32N4O4/c1-3-17-32-19(2)27(29(36)33(32)21-7-5-4-6-8-21)28(35)31-20-9-12-23(13-10-20)37-26-15-16-30-25-18-22(34)11-14-24(25)26/h4-8,11,14-16,18,20,23,34H,3,9-10,12-13,17H2,1-2H3,(H,31,35). The van der Waals surface area contributed by atoms with Gasteiger partial charge in [0.2, 0.25) is 0 Å². The fourth-order valence-corrected chi connectivity index (χ4v) is 5.19. The molecule has 0 unspecified atom stereocenters. The molecule has 0 saturated heterocycles. The molecule has 0 atom stereocenters. The third-order valence-corrected chi connectivity index (χ3v) is 7.05. The van der Waals surface area contributed by atoms with E-state index in [-0.39, 0.29) is 34.9 Å². The van der Waals surface area contributed by atoms with E-state index in [9.17, 15) is 14.7 Å². The van der Waals surface area contributed by atoms with Gasteiger partial charge in [-0.25, -0.2) is 4.68 Å². The van der Waals surface area contributed by atoms with Crippen LogP contribution in [0.2, 0.25) is 0 Å².